The zero-order chi connectivity index (χ0) is 23.5. The van der Waals surface area contributed by atoms with Crippen LogP contribution in [0.4, 0.5) is 0 Å². The van der Waals surface area contributed by atoms with Crippen LogP contribution < -0.4 is 9.47 Å². The molecule has 0 heterocycles. The van der Waals surface area contributed by atoms with Gasteiger partial charge in [-0.25, -0.2) is 0 Å². The number of allylic oxidation sites excluding steroid dienone is 2. The minimum Gasteiger partial charge on any atom is -0.497 e. The number of methoxy groups -OCH3 is 2. The van der Waals surface area contributed by atoms with E-state index >= 15 is 0 Å². The van der Waals surface area contributed by atoms with Crippen LogP contribution in [-0.4, -0.2) is 32.5 Å². The number of ether oxygens (including phenoxy) is 3. The molecule has 0 saturated heterocycles. The summed E-state index contributed by atoms with van der Waals surface area (Å²) in [5, 5.41) is 10.1. The largest absolute Gasteiger partial charge is 0.497 e. The Hall–Kier alpha value is -3.08. The molecule has 0 aromatic heterocycles. The first-order chi connectivity index (χ1) is 16.7. The van der Waals surface area contributed by atoms with Gasteiger partial charge in [0.2, 0.25) is 0 Å². The molecule has 4 nitrogen and oxygen atoms in total. The number of fused-ring (bicyclic) bond motifs is 2. The van der Waals surface area contributed by atoms with E-state index in [9.17, 15) is 5.11 Å². The van der Waals surface area contributed by atoms with Gasteiger partial charge in [0.1, 0.15) is 17.1 Å². The zero-order valence-electron chi connectivity index (χ0n) is 19.8. The number of hydrogen-bond acceptors (Lipinski definition) is 4. The van der Waals surface area contributed by atoms with Gasteiger partial charge >= 0.3 is 0 Å². The van der Waals surface area contributed by atoms with Crippen LogP contribution >= 0.6 is 0 Å². The molecule has 1 fully saturated rings. The predicted molar refractivity (Wildman–Crippen MR) is 133 cm³/mol. The van der Waals surface area contributed by atoms with Crippen LogP contribution in [-0.2, 0) is 10.3 Å². The first-order valence-corrected chi connectivity index (χ1v) is 12.0. The Balaban J connectivity index is 1.62. The number of aliphatic hydroxyl groups is 1. The Kier molecular flexibility index (Phi) is 6.44. The molecule has 2 unspecified atom stereocenters. The molecule has 4 heteroatoms. The fourth-order valence-corrected chi connectivity index (χ4v) is 5.84. The summed E-state index contributed by atoms with van der Waals surface area (Å²) in [6, 6.07) is 26.6. The van der Waals surface area contributed by atoms with Crippen molar-refractivity contribution in [3.63, 3.8) is 0 Å². The molecular formula is C30H32O4. The topological polar surface area (TPSA) is 47.9 Å². The minimum atomic E-state index is -0.814. The minimum absolute atomic E-state index is 0.197. The van der Waals surface area contributed by atoms with Gasteiger partial charge in [0.15, 0.2) is 0 Å². The van der Waals surface area contributed by atoms with Crippen molar-refractivity contribution in [2.24, 2.45) is 23.7 Å². The lowest BCUT2D eigenvalue weighted by Gasteiger charge is -2.38. The lowest BCUT2D eigenvalue weighted by Crippen LogP contribution is -2.37. The van der Waals surface area contributed by atoms with E-state index in [1.807, 2.05) is 30.3 Å². The maximum absolute atomic E-state index is 10.1. The van der Waals surface area contributed by atoms with Crippen molar-refractivity contribution in [2.75, 3.05) is 27.4 Å². The molecule has 2 aliphatic rings. The Bertz CT molecular complexity index is 1060. The molecule has 34 heavy (non-hydrogen) atoms. The van der Waals surface area contributed by atoms with E-state index < -0.39 is 5.60 Å². The van der Waals surface area contributed by atoms with Gasteiger partial charge in [-0.3, -0.25) is 0 Å². The van der Waals surface area contributed by atoms with Crippen molar-refractivity contribution in [1.29, 1.82) is 0 Å². The van der Waals surface area contributed by atoms with E-state index in [-0.39, 0.29) is 12.5 Å². The molecule has 3 aromatic rings. The Labute approximate surface area is 201 Å². The number of benzene rings is 3. The van der Waals surface area contributed by atoms with Crippen molar-refractivity contribution in [2.45, 2.75) is 12.0 Å². The SMILES string of the molecule is COc1ccc(C(OCC2C(CO)[C@H]3C=C[C@@H]2C3)(c2ccccc2)c2ccc(OC)cc2)cc1. The molecule has 0 spiro atoms. The van der Waals surface area contributed by atoms with Gasteiger partial charge < -0.3 is 19.3 Å². The van der Waals surface area contributed by atoms with E-state index in [0.29, 0.717) is 24.4 Å². The van der Waals surface area contributed by atoms with Crippen molar-refractivity contribution in [3.05, 3.63) is 108 Å². The number of rotatable bonds is 9. The molecule has 176 valence electrons. The van der Waals surface area contributed by atoms with Crippen LogP contribution in [0.5, 0.6) is 11.5 Å². The summed E-state index contributed by atoms with van der Waals surface area (Å²) in [4.78, 5) is 0. The van der Waals surface area contributed by atoms with Crippen LogP contribution in [0.1, 0.15) is 23.1 Å². The molecule has 0 amide bonds. The van der Waals surface area contributed by atoms with Gasteiger partial charge in [0.25, 0.3) is 0 Å². The van der Waals surface area contributed by atoms with E-state index in [4.69, 9.17) is 14.2 Å². The highest BCUT2D eigenvalue weighted by Gasteiger charge is 2.46. The lowest BCUT2D eigenvalue weighted by molar-refractivity contribution is -0.0280. The van der Waals surface area contributed by atoms with Gasteiger partial charge in [0, 0.05) is 6.61 Å². The molecule has 1 saturated carbocycles. The van der Waals surface area contributed by atoms with E-state index in [0.717, 1.165) is 34.6 Å². The summed E-state index contributed by atoms with van der Waals surface area (Å²) in [7, 11) is 3.36. The molecule has 5 rings (SSSR count). The lowest BCUT2D eigenvalue weighted by atomic mass is 9.79. The first kappa shape index (κ1) is 22.7. The van der Waals surface area contributed by atoms with Gasteiger partial charge in [0.05, 0.1) is 20.8 Å². The third-order valence-electron chi connectivity index (χ3n) is 7.68. The fraction of sp³-hybridized carbons (Fsp3) is 0.333. The summed E-state index contributed by atoms with van der Waals surface area (Å²) in [6.07, 6.45) is 5.71. The maximum atomic E-state index is 10.1. The predicted octanol–water partition coefficient (Wildman–Crippen LogP) is 5.44. The number of aliphatic hydroxyl groups excluding tert-OH is 1. The molecular weight excluding hydrogens is 424 g/mol. The smallest absolute Gasteiger partial charge is 0.143 e. The van der Waals surface area contributed by atoms with Crippen LogP contribution in [0.3, 0.4) is 0 Å². The molecule has 4 atom stereocenters. The zero-order valence-corrected chi connectivity index (χ0v) is 19.8. The third kappa shape index (κ3) is 3.91. The quantitative estimate of drug-likeness (QED) is 0.344. The number of hydrogen-bond donors (Lipinski definition) is 1. The molecule has 0 radical (unpaired) electrons. The van der Waals surface area contributed by atoms with Gasteiger partial charge in [-0.2, -0.15) is 0 Å². The normalized spacial score (nSPS) is 23.3. The van der Waals surface area contributed by atoms with Gasteiger partial charge in [-0.1, -0.05) is 66.7 Å². The average molecular weight is 457 g/mol. The van der Waals surface area contributed by atoms with Crippen LogP contribution in [0, 0.1) is 23.7 Å². The summed E-state index contributed by atoms with van der Waals surface area (Å²) in [5.41, 5.74) is 2.31. The monoisotopic (exact) mass is 456 g/mol. The summed E-state index contributed by atoms with van der Waals surface area (Å²) in [5.74, 6) is 3.06. The third-order valence-corrected chi connectivity index (χ3v) is 7.68. The Morgan fingerprint density at radius 3 is 1.71 bits per heavy atom. The summed E-state index contributed by atoms with van der Waals surface area (Å²) in [6.45, 7) is 0.757. The van der Waals surface area contributed by atoms with Crippen LogP contribution in [0.2, 0.25) is 0 Å². The molecule has 2 aliphatic carbocycles. The van der Waals surface area contributed by atoms with Crippen molar-refractivity contribution < 1.29 is 19.3 Å². The van der Waals surface area contributed by atoms with Crippen molar-refractivity contribution in [3.8, 4) is 11.5 Å². The van der Waals surface area contributed by atoms with Crippen LogP contribution in [0.15, 0.2) is 91.0 Å². The van der Waals surface area contributed by atoms with Crippen LogP contribution in [0.25, 0.3) is 0 Å². The van der Waals surface area contributed by atoms with Crippen molar-refractivity contribution in [1.82, 2.24) is 0 Å². The second kappa shape index (κ2) is 9.65. The van der Waals surface area contributed by atoms with Gasteiger partial charge in [-0.05, 0) is 71.0 Å². The maximum Gasteiger partial charge on any atom is 0.143 e. The standard InChI is InChI=1S/C30H32O4/c1-32-26-14-10-24(11-15-26)30(23-6-4-3-5-7-23,25-12-16-27(33-2)17-13-25)34-20-29-22-9-8-21(18-22)28(29)19-31/h3-17,21-22,28-29,31H,18-20H2,1-2H3/t21-,22+,28?,29?/m0/s1. The second-order valence-corrected chi connectivity index (χ2v) is 9.27. The first-order valence-electron chi connectivity index (χ1n) is 12.0. The molecule has 3 aromatic carbocycles. The second-order valence-electron chi connectivity index (χ2n) is 9.27. The summed E-state index contributed by atoms with van der Waals surface area (Å²) < 4.78 is 17.9. The Morgan fingerprint density at radius 2 is 1.21 bits per heavy atom. The highest BCUT2D eigenvalue weighted by Crippen LogP contribution is 2.50. The van der Waals surface area contributed by atoms with E-state index in [1.54, 1.807) is 14.2 Å². The van der Waals surface area contributed by atoms with Gasteiger partial charge in [-0.15, -0.1) is 0 Å². The van der Waals surface area contributed by atoms with E-state index in [1.165, 1.54) is 0 Å². The highest BCUT2D eigenvalue weighted by atomic mass is 16.5. The average Bonchev–Trinajstić information content (AvgIpc) is 3.52. The van der Waals surface area contributed by atoms with E-state index in [2.05, 4.69) is 60.7 Å². The summed E-state index contributed by atoms with van der Waals surface area (Å²) >= 11 is 0. The molecule has 1 N–H and O–H groups in total. The molecule has 2 bridgehead atoms. The Morgan fingerprint density at radius 1 is 0.706 bits per heavy atom. The fourth-order valence-electron chi connectivity index (χ4n) is 5.84. The highest BCUT2D eigenvalue weighted by molar-refractivity contribution is 5.49. The molecule has 0 aliphatic heterocycles. The van der Waals surface area contributed by atoms with Crippen molar-refractivity contribution >= 4 is 0 Å².